The van der Waals surface area contributed by atoms with Gasteiger partial charge in [0.15, 0.2) is 17.4 Å². The Kier molecular flexibility index (Phi) is 4.56. The van der Waals surface area contributed by atoms with Gasteiger partial charge in [-0.1, -0.05) is 0 Å². The molecule has 1 aliphatic rings. The summed E-state index contributed by atoms with van der Waals surface area (Å²) in [6, 6.07) is -2.14. The van der Waals surface area contributed by atoms with Crippen molar-refractivity contribution < 1.29 is 29.6 Å². The monoisotopic (exact) mass is 369 g/mol. The number of aromatic nitrogens is 4. The van der Waals surface area contributed by atoms with Crippen molar-refractivity contribution in [2.45, 2.75) is 24.5 Å². The summed E-state index contributed by atoms with van der Waals surface area (Å²) in [7, 11) is 0. The molecular formula is C12H15N7O7. The summed E-state index contributed by atoms with van der Waals surface area (Å²) in [5, 5.41) is 32.9. The van der Waals surface area contributed by atoms with Gasteiger partial charge in [0.25, 0.3) is 5.56 Å². The molecule has 2 aromatic heterocycles. The van der Waals surface area contributed by atoms with Crippen molar-refractivity contribution in [3.8, 4) is 0 Å². The Bertz CT molecular complexity index is 909. The van der Waals surface area contributed by atoms with E-state index in [-0.39, 0.29) is 17.1 Å². The van der Waals surface area contributed by atoms with Crippen LogP contribution in [0.4, 0.5) is 15.5 Å². The fraction of sp³-hybridized carbons (Fsp3) is 0.417. The first kappa shape index (κ1) is 17.7. The van der Waals surface area contributed by atoms with Crippen LogP contribution in [0.1, 0.15) is 6.23 Å². The number of nitrogens with one attached hydrogen (secondary N) is 3. The van der Waals surface area contributed by atoms with E-state index >= 15 is 0 Å². The van der Waals surface area contributed by atoms with Crippen molar-refractivity contribution in [1.29, 1.82) is 0 Å². The highest BCUT2D eigenvalue weighted by Crippen LogP contribution is 2.30. The molecule has 14 heteroatoms. The van der Waals surface area contributed by atoms with Crippen LogP contribution < -0.4 is 21.9 Å². The number of imidazole rings is 1. The number of hydrogen-bond acceptors (Lipinski definition) is 9. The van der Waals surface area contributed by atoms with Gasteiger partial charge < -0.3 is 25.8 Å². The quantitative estimate of drug-likeness (QED) is 0.291. The number of carbonyl (C=O) groups excluding carboxylic acids is 2. The average Bonchev–Trinajstić information content (AvgIpc) is 3.09. The van der Waals surface area contributed by atoms with Crippen molar-refractivity contribution in [3.05, 3.63) is 16.7 Å². The summed E-state index contributed by atoms with van der Waals surface area (Å²) in [5.41, 5.74) is 3.90. The molecule has 0 saturated carbocycles. The largest absolute Gasteiger partial charge is 0.394 e. The number of hydrogen-bond donors (Lipinski definition) is 7. The van der Waals surface area contributed by atoms with Gasteiger partial charge in [0.1, 0.15) is 18.3 Å². The molecule has 1 saturated heterocycles. The first-order chi connectivity index (χ1) is 12.3. The average molecular weight is 369 g/mol. The Morgan fingerprint density at radius 2 is 2.12 bits per heavy atom. The van der Waals surface area contributed by atoms with E-state index in [0.717, 1.165) is 6.33 Å². The molecule has 4 amide bonds. The van der Waals surface area contributed by atoms with E-state index in [2.05, 4.69) is 20.3 Å². The number of aliphatic hydroxyl groups is 3. The summed E-state index contributed by atoms with van der Waals surface area (Å²) in [6.45, 7) is -0.532. The van der Waals surface area contributed by atoms with Crippen LogP contribution in [0.2, 0.25) is 0 Å². The number of carbonyl (C=O) groups is 2. The maximum atomic E-state index is 12.1. The minimum absolute atomic E-state index is 0.0713. The predicted octanol–water partition coefficient (Wildman–Crippen LogP) is -3.07. The molecule has 0 bridgehead atoms. The van der Waals surface area contributed by atoms with E-state index in [1.54, 1.807) is 5.32 Å². The molecule has 4 atom stereocenters. The van der Waals surface area contributed by atoms with Crippen LogP contribution >= 0.6 is 0 Å². The van der Waals surface area contributed by atoms with E-state index in [1.165, 1.54) is 4.57 Å². The number of nitrogens with zero attached hydrogens (tertiary/aromatic N) is 3. The van der Waals surface area contributed by atoms with Gasteiger partial charge in [-0.15, -0.1) is 0 Å². The second kappa shape index (κ2) is 6.68. The lowest BCUT2D eigenvalue weighted by atomic mass is 10.1. The number of urea groups is 2. The minimum atomic E-state index is -1.42. The normalized spacial score (nSPS) is 25.3. The Labute approximate surface area is 143 Å². The van der Waals surface area contributed by atoms with Gasteiger partial charge in [-0.2, -0.15) is 4.98 Å². The molecular weight excluding hydrogens is 354 g/mol. The molecule has 3 heterocycles. The number of rotatable bonds is 3. The Morgan fingerprint density at radius 3 is 2.73 bits per heavy atom. The molecule has 1 aliphatic heterocycles. The lowest BCUT2D eigenvalue weighted by molar-refractivity contribution is -0.0511. The maximum absolute atomic E-state index is 12.1. The zero-order chi connectivity index (χ0) is 19.0. The summed E-state index contributed by atoms with van der Waals surface area (Å²) in [4.78, 5) is 44.3. The highest BCUT2D eigenvalue weighted by atomic mass is 16.6. The Hall–Kier alpha value is -3.07. The van der Waals surface area contributed by atoms with E-state index in [4.69, 9.17) is 15.6 Å². The molecule has 1 fully saturated rings. The van der Waals surface area contributed by atoms with Gasteiger partial charge >= 0.3 is 12.1 Å². The molecule has 26 heavy (non-hydrogen) atoms. The third-order valence-electron chi connectivity index (χ3n) is 3.69. The lowest BCUT2D eigenvalue weighted by Gasteiger charge is -2.16. The molecule has 0 unspecified atom stereocenters. The van der Waals surface area contributed by atoms with Crippen molar-refractivity contribution >= 4 is 29.2 Å². The van der Waals surface area contributed by atoms with E-state index in [0.29, 0.717) is 0 Å². The zero-order valence-electron chi connectivity index (χ0n) is 13.0. The number of ether oxygens (including phenoxy) is 1. The van der Waals surface area contributed by atoms with E-state index in [9.17, 15) is 24.6 Å². The van der Waals surface area contributed by atoms with Crippen LogP contribution in [-0.2, 0) is 4.74 Å². The lowest BCUT2D eigenvalue weighted by Crippen LogP contribution is -2.38. The third-order valence-corrected chi connectivity index (χ3v) is 3.69. The zero-order valence-corrected chi connectivity index (χ0v) is 13.0. The molecule has 8 N–H and O–H groups in total. The van der Waals surface area contributed by atoms with Gasteiger partial charge in [-0.3, -0.25) is 25.0 Å². The number of anilines is 1. The fourth-order valence-electron chi connectivity index (χ4n) is 2.53. The van der Waals surface area contributed by atoms with E-state index in [1.807, 2.05) is 0 Å². The van der Waals surface area contributed by atoms with Crippen molar-refractivity contribution in [1.82, 2.24) is 24.8 Å². The van der Waals surface area contributed by atoms with Crippen molar-refractivity contribution in [2.24, 2.45) is 5.73 Å². The first-order valence-electron chi connectivity index (χ1n) is 7.28. The Morgan fingerprint density at radius 1 is 1.38 bits per heavy atom. The van der Waals surface area contributed by atoms with Gasteiger partial charge in [0.05, 0.1) is 12.9 Å². The third kappa shape index (κ3) is 3.08. The van der Waals surface area contributed by atoms with Crippen LogP contribution in [0.3, 0.4) is 0 Å². The van der Waals surface area contributed by atoms with Gasteiger partial charge in [0, 0.05) is 0 Å². The maximum Gasteiger partial charge on any atom is 0.329 e. The van der Waals surface area contributed by atoms with Crippen LogP contribution in [0.25, 0.3) is 11.2 Å². The molecule has 0 radical (unpaired) electrons. The molecule has 14 nitrogen and oxygen atoms in total. The summed E-state index contributed by atoms with van der Waals surface area (Å²) in [5.74, 6) is -0.324. The number of fused-ring (bicyclic) bond motifs is 1. The topological polar surface area (TPSA) is 218 Å². The number of aliphatic hydroxyl groups excluding tert-OH is 3. The van der Waals surface area contributed by atoms with Gasteiger partial charge in [-0.05, 0) is 0 Å². The standard InChI is InChI=1S/C12H15N7O7/c13-10(24)17-12(25)18-11-15-7-4(8(23)16-11)14-2-19(7)9-6(22)5(21)3(1-20)26-9/h2-3,5-6,9,20-22H,1H2,(H5,13,15,16,17,18,23,24,25)/t3-,5-,6-,9-/m1/s1. The van der Waals surface area contributed by atoms with E-state index < -0.39 is 48.8 Å². The SMILES string of the molecule is NC(=O)NC(=O)Nc1nc2c(ncn2[C@@H]2O[C@H](CO)[C@@H](O)[C@H]2O)c(=O)[nH]1. The number of imide groups is 1. The molecule has 3 rings (SSSR count). The summed E-state index contributed by atoms with van der Waals surface area (Å²) < 4.78 is 6.53. The first-order valence-corrected chi connectivity index (χ1v) is 7.28. The highest BCUT2D eigenvalue weighted by Gasteiger charge is 2.44. The highest BCUT2D eigenvalue weighted by molar-refractivity contribution is 5.99. The number of amides is 4. The molecule has 2 aromatic rings. The number of aromatic amines is 1. The predicted molar refractivity (Wildman–Crippen MR) is 82.9 cm³/mol. The van der Waals surface area contributed by atoms with Crippen LogP contribution in [0, 0.1) is 0 Å². The van der Waals surface area contributed by atoms with Crippen molar-refractivity contribution in [3.63, 3.8) is 0 Å². The summed E-state index contributed by atoms with van der Waals surface area (Å²) in [6.07, 6.45) is -3.83. The molecule has 140 valence electrons. The minimum Gasteiger partial charge on any atom is -0.394 e. The van der Waals surface area contributed by atoms with Crippen LogP contribution in [0.15, 0.2) is 11.1 Å². The molecule has 0 aliphatic carbocycles. The molecule has 0 aromatic carbocycles. The van der Waals surface area contributed by atoms with Crippen LogP contribution in [0.5, 0.6) is 0 Å². The number of nitrogens with two attached hydrogens (primary N) is 1. The number of H-pyrrole nitrogens is 1. The second-order valence-corrected chi connectivity index (χ2v) is 5.41. The number of primary amides is 1. The summed E-state index contributed by atoms with van der Waals surface area (Å²) >= 11 is 0. The van der Waals surface area contributed by atoms with Gasteiger partial charge in [-0.25, -0.2) is 14.6 Å². The molecule has 0 spiro atoms. The van der Waals surface area contributed by atoms with Gasteiger partial charge in [0.2, 0.25) is 5.95 Å². The fourth-order valence-corrected chi connectivity index (χ4v) is 2.53. The second-order valence-electron chi connectivity index (χ2n) is 5.41. The smallest absolute Gasteiger partial charge is 0.329 e. The van der Waals surface area contributed by atoms with Crippen molar-refractivity contribution in [2.75, 3.05) is 11.9 Å². The Balaban J connectivity index is 1.97. The van der Waals surface area contributed by atoms with Crippen LogP contribution in [-0.4, -0.2) is 71.8 Å².